The molecule has 0 radical (unpaired) electrons. The molecule has 16 heteroatoms. The average Bonchev–Trinajstić information content (AvgIpc) is 2.89. The number of rotatable bonds is 9. The summed E-state index contributed by atoms with van der Waals surface area (Å²) in [7, 11) is 0. The van der Waals surface area contributed by atoms with Gasteiger partial charge in [-0.2, -0.15) is 18.3 Å². The molecule has 0 fully saturated rings. The van der Waals surface area contributed by atoms with E-state index in [0.717, 1.165) is 36.1 Å². The van der Waals surface area contributed by atoms with Crippen LogP contribution in [0.25, 0.3) is 22.2 Å². The minimum Gasteiger partial charge on any atom is -0.381 e. The SMILES string of the molecule is C[C@@H](C[C@@H](F)Cn1ccc2cc(-c3ncc([C@](C)(O)C(F)F)cn3)c(F)cc2c1=O)Nc1cn[nH]c(=O)c1C(F)(F)F. The van der Waals surface area contributed by atoms with Crippen LogP contribution in [0, 0.1) is 5.82 Å². The summed E-state index contributed by atoms with van der Waals surface area (Å²) in [5, 5.41) is 17.5. The Labute approximate surface area is 232 Å². The summed E-state index contributed by atoms with van der Waals surface area (Å²) in [5.74, 6) is -1.12. The van der Waals surface area contributed by atoms with Gasteiger partial charge >= 0.3 is 6.18 Å². The predicted molar refractivity (Wildman–Crippen MR) is 137 cm³/mol. The fourth-order valence-corrected chi connectivity index (χ4v) is 4.26. The van der Waals surface area contributed by atoms with Crippen molar-refractivity contribution < 1.29 is 35.8 Å². The topological polar surface area (TPSA) is 126 Å². The van der Waals surface area contributed by atoms with E-state index in [9.17, 15) is 45.4 Å². The van der Waals surface area contributed by atoms with Gasteiger partial charge in [0.25, 0.3) is 17.5 Å². The van der Waals surface area contributed by atoms with Crippen LogP contribution in [0.5, 0.6) is 0 Å². The monoisotopic (exact) mass is 600 g/mol. The van der Waals surface area contributed by atoms with Crippen LogP contribution in [0.3, 0.4) is 0 Å². The van der Waals surface area contributed by atoms with E-state index in [1.54, 1.807) is 5.10 Å². The van der Waals surface area contributed by atoms with Gasteiger partial charge in [0.05, 0.1) is 29.4 Å². The van der Waals surface area contributed by atoms with Crippen LogP contribution < -0.4 is 16.4 Å². The van der Waals surface area contributed by atoms with Crippen LogP contribution >= 0.6 is 0 Å². The predicted octanol–water partition coefficient (Wildman–Crippen LogP) is 4.40. The molecular formula is C26H23F7N6O3. The number of benzene rings is 1. The third-order valence-electron chi connectivity index (χ3n) is 6.51. The first-order valence-corrected chi connectivity index (χ1v) is 12.3. The number of H-pyrrole nitrogens is 1. The maximum absolute atomic E-state index is 15.0. The number of pyridine rings is 1. The van der Waals surface area contributed by atoms with Gasteiger partial charge in [0.2, 0.25) is 0 Å². The lowest BCUT2D eigenvalue weighted by molar-refractivity contribution is -0.138. The highest BCUT2D eigenvalue weighted by atomic mass is 19.4. The summed E-state index contributed by atoms with van der Waals surface area (Å²) in [6, 6.07) is 2.65. The summed E-state index contributed by atoms with van der Waals surface area (Å²) >= 11 is 0. The molecule has 4 rings (SSSR count). The number of halogens is 7. The molecule has 0 bridgehead atoms. The molecule has 0 saturated heterocycles. The summed E-state index contributed by atoms with van der Waals surface area (Å²) in [6.45, 7) is 1.76. The Bertz CT molecular complexity index is 1700. The number of hydrogen-bond acceptors (Lipinski definition) is 7. The zero-order valence-electron chi connectivity index (χ0n) is 21.9. The van der Waals surface area contributed by atoms with E-state index in [2.05, 4.69) is 20.4 Å². The first-order valence-electron chi connectivity index (χ1n) is 12.3. The molecule has 3 aromatic heterocycles. The second-order valence-electron chi connectivity index (χ2n) is 9.80. The number of fused-ring (bicyclic) bond motifs is 1. The van der Waals surface area contributed by atoms with E-state index < -0.39 is 65.1 Å². The summed E-state index contributed by atoms with van der Waals surface area (Å²) in [6.07, 6.45) is -6.30. The molecule has 3 N–H and O–H groups in total. The van der Waals surface area contributed by atoms with E-state index in [1.807, 2.05) is 0 Å². The number of nitrogens with zero attached hydrogens (tertiary/aromatic N) is 4. The quantitative estimate of drug-likeness (QED) is 0.243. The molecule has 42 heavy (non-hydrogen) atoms. The lowest BCUT2D eigenvalue weighted by Gasteiger charge is -2.21. The maximum Gasteiger partial charge on any atom is 0.423 e. The fraction of sp³-hybridized carbons (Fsp3) is 0.346. The van der Waals surface area contributed by atoms with Crippen molar-refractivity contribution in [2.24, 2.45) is 0 Å². The first kappa shape index (κ1) is 30.6. The van der Waals surface area contributed by atoms with Crippen molar-refractivity contribution >= 4 is 16.5 Å². The van der Waals surface area contributed by atoms with Gasteiger partial charge in [-0.3, -0.25) is 9.59 Å². The molecule has 0 aliphatic carbocycles. The number of aromatic amines is 1. The Morgan fingerprint density at radius 3 is 2.38 bits per heavy atom. The molecule has 224 valence electrons. The average molecular weight is 600 g/mol. The molecule has 4 aromatic rings. The third-order valence-corrected chi connectivity index (χ3v) is 6.51. The molecule has 0 saturated carbocycles. The molecule has 1 aromatic carbocycles. The van der Waals surface area contributed by atoms with Crippen LogP contribution in [0.4, 0.5) is 36.4 Å². The van der Waals surface area contributed by atoms with Crippen molar-refractivity contribution in [1.29, 1.82) is 0 Å². The van der Waals surface area contributed by atoms with E-state index in [1.165, 1.54) is 25.3 Å². The van der Waals surface area contributed by atoms with Crippen molar-refractivity contribution in [3.05, 3.63) is 80.6 Å². The van der Waals surface area contributed by atoms with Crippen molar-refractivity contribution in [3.8, 4) is 11.4 Å². The summed E-state index contributed by atoms with van der Waals surface area (Å²) in [4.78, 5) is 32.3. The Hall–Kier alpha value is -4.34. The van der Waals surface area contributed by atoms with Crippen molar-refractivity contribution in [2.75, 3.05) is 5.32 Å². The van der Waals surface area contributed by atoms with Gasteiger partial charge in [0.15, 0.2) is 11.4 Å². The Morgan fingerprint density at radius 2 is 1.76 bits per heavy atom. The molecule has 0 spiro atoms. The molecule has 0 amide bonds. The number of hydrogen-bond donors (Lipinski definition) is 3. The van der Waals surface area contributed by atoms with E-state index in [4.69, 9.17) is 0 Å². The molecule has 0 aliphatic rings. The Morgan fingerprint density at radius 1 is 1.10 bits per heavy atom. The zero-order chi connectivity index (χ0) is 31.0. The second kappa shape index (κ2) is 11.5. The summed E-state index contributed by atoms with van der Waals surface area (Å²) < 4.78 is 96.7. The Balaban J connectivity index is 1.52. The van der Waals surface area contributed by atoms with Gasteiger partial charge < -0.3 is 15.0 Å². The number of nitrogens with one attached hydrogen (secondary N) is 2. The number of anilines is 1. The Kier molecular flexibility index (Phi) is 8.39. The van der Waals surface area contributed by atoms with Crippen molar-refractivity contribution in [1.82, 2.24) is 24.7 Å². The molecule has 3 atom stereocenters. The minimum absolute atomic E-state index is 0.112. The van der Waals surface area contributed by atoms with Crippen molar-refractivity contribution in [2.45, 2.75) is 57.2 Å². The van der Waals surface area contributed by atoms with E-state index >= 15 is 0 Å². The van der Waals surface area contributed by atoms with Crippen LogP contribution in [0.15, 0.2) is 52.6 Å². The molecule has 0 unspecified atom stereocenters. The highest BCUT2D eigenvalue weighted by Gasteiger charge is 2.38. The molecular weight excluding hydrogens is 577 g/mol. The molecule has 9 nitrogen and oxygen atoms in total. The van der Waals surface area contributed by atoms with Gasteiger partial charge in [-0.05, 0) is 37.4 Å². The van der Waals surface area contributed by atoms with Crippen LogP contribution in [-0.4, -0.2) is 48.5 Å². The number of aliphatic hydroxyl groups is 1. The van der Waals surface area contributed by atoms with Crippen LogP contribution in [0.1, 0.15) is 31.4 Å². The minimum atomic E-state index is -4.98. The largest absolute Gasteiger partial charge is 0.423 e. The van der Waals surface area contributed by atoms with Gasteiger partial charge in [0.1, 0.15) is 17.6 Å². The molecule has 3 heterocycles. The number of alkyl halides is 6. The van der Waals surface area contributed by atoms with Crippen LogP contribution in [0.2, 0.25) is 0 Å². The third kappa shape index (κ3) is 6.27. The first-order chi connectivity index (χ1) is 19.6. The maximum atomic E-state index is 15.0. The highest BCUT2D eigenvalue weighted by Crippen LogP contribution is 2.32. The van der Waals surface area contributed by atoms with Gasteiger partial charge in [0, 0.05) is 36.6 Å². The van der Waals surface area contributed by atoms with E-state index in [-0.39, 0.29) is 34.1 Å². The second-order valence-corrected chi connectivity index (χ2v) is 9.80. The zero-order valence-corrected chi connectivity index (χ0v) is 21.9. The lowest BCUT2D eigenvalue weighted by Crippen LogP contribution is -2.30. The fourth-order valence-electron chi connectivity index (χ4n) is 4.26. The van der Waals surface area contributed by atoms with Gasteiger partial charge in [-0.1, -0.05) is 0 Å². The van der Waals surface area contributed by atoms with E-state index in [0.29, 0.717) is 0 Å². The molecule has 0 aliphatic heterocycles. The number of aromatic nitrogens is 5. The van der Waals surface area contributed by atoms with Crippen molar-refractivity contribution in [3.63, 3.8) is 0 Å². The summed E-state index contributed by atoms with van der Waals surface area (Å²) in [5.41, 5.74) is -7.30. The standard InChI is InChI=1S/C26H23F7N6O3/c1-12(37-19-10-36-38-22(40)20(19)26(31,32)33)5-15(27)11-39-4-3-13-6-17(18(28)7-16(13)23(39)41)21-34-8-14(9-35-21)25(2,42)24(29)30/h3-4,6-10,12,15,24,42H,5,11H2,1-2H3,(H2,37,38,40)/t12-,15+,25-/m0/s1. The van der Waals surface area contributed by atoms with Crippen LogP contribution in [-0.2, 0) is 18.3 Å². The van der Waals surface area contributed by atoms with Gasteiger partial charge in [-0.15, -0.1) is 0 Å². The lowest BCUT2D eigenvalue weighted by atomic mass is 10.00. The van der Waals surface area contributed by atoms with Gasteiger partial charge in [-0.25, -0.2) is 32.6 Å². The smallest absolute Gasteiger partial charge is 0.381 e. The normalized spacial score (nSPS) is 15.0. The highest BCUT2D eigenvalue weighted by molar-refractivity contribution is 5.86.